The van der Waals surface area contributed by atoms with Gasteiger partial charge < -0.3 is 9.64 Å². The lowest BCUT2D eigenvalue weighted by atomic mass is 10.1. The predicted molar refractivity (Wildman–Crippen MR) is 72.6 cm³/mol. The fourth-order valence-electron chi connectivity index (χ4n) is 2.05. The number of benzene rings is 1. The van der Waals surface area contributed by atoms with E-state index in [1.807, 2.05) is 35.2 Å². The molecule has 2 heterocycles. The fourth-order valence-corrected chi connectivity index (χ4v) is 3.00. The van der Waals surface area contributed by atoms with E-state index in [1.54, 1.807) is 18.9 Å². The lowest BCUT2D eigenvalue weighted by molar-refractivity contribution is -0.114. The number of fused-ring (bicyclic) bond motifs is 1. The zero-order valence-corrected chi connectivity index (χ0v) is 10.7. The molecule has 0 aliphatic carbocycles. The predicted octanol–water partition coefficient (Wildman–Crippen LogP) is 1.98. The summed E-state index contributed by atoms with van der Waals surface area (Å²) in [5.74, 6) is 1.58. The average Bonchev–Trinajstić information content (AvgIpc) is 2.93. The van der Waals surface area contributed by atoms with Crippen molar-refractivity contribution in [1.82, 2.24) is 4.90 Å². The van der Waals surface area contributed by atoms with E-state index in [4.69, 9.17) is 4.74 Å². The Labute approximate surface area is 109 Å². The zero-order valence-electron chi connectivity index (χ0n) is 9.92. The number of thioether (sulfide) groups is 1. The van der Waals surface area contributed by atoms with Crippen LogP contribution in [0.2, 0.25) is 0 Å². The molecule has 0 spiro atoms. The molecule has 92 valence electrons. The number of hydrogen-bond donors (Lipinski definition) is 0. The molecule has 1 aromatic carbocycles. The van der Waals surface area contributed by atoms with Crippen LogP contribution in [-0.4, -0.2) is 35.4 Å². The second-order valence-corrected chi connectivity index (χ2v) is 5.03. The largest absolute Gasteiger partial charge is 0.496 e. The number of hydrogen-bond acceptors (Lipinski definition) is 4. The molecule has 3 rings (SSSR count). The molecule has 1 fully saturated rings. The summed E-state index contributed by atoms with van der Waals surface area (Å²) in [6.45, 7) is 0.843. The second-order valence-electron chi connectivity index (χ2n) is 3.97. The Bertz CT molecular complexity index is 566. The van der Waals surface area contributed by atoms with Crippen molar-refractivity contribution in [2.45, 2.75) is 0 Å². The molecule has 4 nitrogen and oxygen atoms in total. The summed E-state index contributed by atoms with van der Waals surface area (Å²) in [5, 5.41) is 0.821. The van der Waals surface area contributed by atoms with Crippen molar-refractivity contribution >= 4 is 28.9 Å². The van der Waals surface area contributed by atoms with Gasteiger partial charge in [0.1, 0.15) is 11.4 Å². The summed E-state index contributed by atoms with van der Waals surface area (Å²) in [6.07, 6.45) is 1.85. The SMILES string of the molecule is COc1ccccc1/C=C1/C(=O)N=C2SCCN21. The quantitative estimate of drug-likeness (QED) is 0.763. The first-order chi connectivity index (χ1) is 8.79. The molecule has 0 unspecified atom stereocenters. The number of amides is 1. The van der Waals surface area contributed by atoms with Crippen molar-refractivity contribution in [3.63, 3.8) is 0 Å². The Hall–Kier alpha value is -1.75. The van der Waals surface area contributed by atoms with Gasteiger partial charge in [-0.2, -0.15) is 4.99 Å². The Morgan fingerprint density at radius 3 is 3.11 bits per heavy atom. The smallest absolute Gasteiger partial charge is 0.296 e. The molecule has 5 heteroatoms. The molecule has 0 radical (unpaired) electrons. The van der Waals surface area contributed by atoms with Gasteiger partial charge in [-0.1, -0.05) is 30.0 Å². The van der Waals surface area contributed by atoms with E-state index in [9.17, 15) is 4.79 Å². The van der Waals surface area contributed by atoms with Gasteiger partial charge in [0.25, 0.3) is 5.91 Å². The van der Waals surface area contributed by atoms with Crippen LogP contribution in [0.1, 0.15) is 5.56 Å². The molecule has 1 aromatic rings. The van der Waals surface area contributed by atoms with Gasteiger partial charge in [-0.25, -0.2) is 0 Å². The van der Waals surface area contributed by atoms with Crippen molar-refractivity contribution in [3.8, 4) is 5.75 Å². The summed E-state index contributed by atoms with van der Waals surface area (Å²) in [7, 11) is 1.63. The van der Waals surface area contributed by atoms with E-state index in [-0.39, 0.29) is 5.91 Å². The monoisotopic (exact) mass is 260 g/mol. The Balaban J connectivity index is 2.00. The van der Waals surface area contributed by atoms with Crippen LogP contribution in [0, 0.1) is 0 Å². The topological polar surface area (TPSA) is 41.9 Å². The standard InChI is InChI=1S/C13H12N2O2S/c1-17-11-5-3-2-4-9(11)8-10-12(16)14-13-15(10)6-7-18-13/h2-5,8H,6-7H2,1H3/b10-8-. The van der Waals surface area contributed by atoms with Crippen LogP contribution >= 0.6 is 11.8 Å². The third kappa shape index (κ3) is 1.80. The van der Waals surface area contributed by atoms with Crippen LogP contribution in [0.15, 0.2) is 35.0 Å². The molecule has 0 N–H and O–H groups in total. The van der Waals surface area contributed by atoms with Gasteiger partial charge in [-0.05, 0) is 12.1 Å². The lowest BCUT2D eigenvalue weighted by Crippen LogP contribution is -2.20. The summed E-state index contributed by atoms with van der Waals surface area (Å²) in [6, 6.07) is 7.65. The third-order valence-electron chi connectivity index (χ3n) is 2.92. The minimum atomic E-state index is -0.164. The molecule has 0 bridgehead atoms. The van der Waals surface area contributed by atoms with Gasteiger partial charge in [0.15, 0.2) is 5.17 Å². The van der Waals surface area contributed by atoms with Crippen LogP contribution in [0.25, 0.3) is 6.08 Å². The van der Waals surface area contributed by atoms with Crippen molar-refractivity contribution in [1.29, 1.82) is 0 Å². The van der Waals surface area contributed by atoms with Crippen molar-refractivity contribution in [2.75, 3.05) is 19.4 Å². The first-order valence-electron chi connectivity index (χ1n) is 5.67. The molecule has 0 aromatic heterocycles. The zero-order chi connectivity index (χ0) is 12.5. The first-order valence-corrected chi connectivity index (χ1v) is 6.66. The van der Waals surface area contributed by atoms with Gasteiger partial charge in [0.2, 0.25) is 0 Å². The van der Waals surface area contributed by atoms with E-state index in [2.05, 4.69) is 4.99 Å². The maximum Gasteiger partial charge on any atom is 0.296 e. The molecule has 0 saturated carbocycles. The number of methoxy groups -OCH3 is 1. The lowest BCUT2D eigenvalue weighted by Gasteiger charge is -2.12. The first kappa shape index (κ1) is 11.3. The fraction of sp³-hybridized carbons (Fsp3) is 0.231. The molecule has 0 atom stereocenters. The molecule has 18 heavy (non-hydrogen) atoms. The van der Waals surface area contributed by atoms with E-state index in [1.165, 1.54) is 0 Å². The molecule has 1 saturated heterocycles. The number of aliphatic imine (C=N–C) groups is 1. The molecular weight excluding hydrogens is 248 g/mol. The summed E-state index contributed by atoms with van der Waals surface area (Å²) in [5.41, 5.74) is 1.54. The van der Waals surface area contributed by atoms with Crippen LogP contribution in [0.3, 0.4) is 0 Å². The number of ether oxygens (including phenoxy) is 1. The second kappa shape index (κ2) is 4.49. The molecular formula is C13H12N2O2S. The van der Waals surface area contributed by atoms with Crippen molar-refractivity contribution in [2.24, 2.45) is 4.99 Å². The number of para-hydroxylation sites is 1. The van der Waals surface area contributed by atoms with Crippen LogP contribution < -0.4 is 4.74 Å². The Morgan fingerprint density at radius 1 is 1.44 bits per heavy atom. The highest BCUT2D eigenvalue weighted by Crippen LogP contribution is 2.31. The number of rotatable bonds is 2. The highest BCUT2D eigenvalue weighted by Gasteiger charge is 2.33. The molecule has 1 amide bonds. The van der Waals surface area contributed by atoms with Gasteiger partial charge >= 0.3 is 0 Å². The molecule has 2 aliphatic rings. The minimum absolute atomic E-state index is 0.164. The average molecular weight is 260 g/mol. The highest BCUT2D eigenvalue weighted by atomic mass is 32.2. The Morgan fingerprint density at radius 2 is 2.28 bits per heavy atom. The van der Waals surface area contributed by atoms with E-state index < -0.39 is 0 Å². The normalized spacial score (nSPS) is 20.3. The van der Waals surface area contributed by atoms with Gasteiger partial charge in [0.05, 0.1) is 7.11 Å². The Kier molecular flexibility index (Phi) is 2.83. The van der Waals surface area contributed by atoms with E-state index in [0.29, 0.717) is 5.70 Å². The van der Waals surface area contributed by atoms with Crippen LogP contribution in [0.4, 0.5) is 0 Å². The number of carbonyl (C=O) groups is 1. The minimum Gasteiger partial charge on any atom is -0.496 e. The van der Waals surface area contributed by atoms with Gasteiger partial charge in [-0.15, -0.1) is 0 Å². The summed E-state index contributed by atoms with van der Waals surface area (Å²) < 4.78 is 5.29. The summed E-state index contributed by atoms with van der Waals surface area (Å²) in [4.78, 5) is 17.9. The van der Waals surface area contributed by atoms with Gasteiger partial charge in [0, 0.05) is 17.9 Å². The summed E-state index contributed by atoms with van der Waals surface area (Å²) >= 11 is 1.62. The van der Waals surface area contributed by atoms with Gasteiger partial charge in [-0.3, -0.25) is 4.79 Å². The van der Waals surface area contributed by atoms with E-state index in [0.717, 1.165) is 28.8 Å². The number of carbonyl (C=O) groups excluding carboxylic acids is 1. The highest BCUT2D eigenvalue weighted by molar-refractivity contribution is 8.14. The number of nitrogens with zero attached hydrogens (tertiary/aromatic N) is 2. The van der Waals surface area contributed by atoms with E-state index >= 15 is 0 Å². The van der Waals surface area contributed by atoms with Crippen molar-refractivity contribution < 1.29 is 9.53 Å². The van der Waals surface area contributed by atoms with Crippen LogP contribution in [0.5, 0.6) is 5.75 Å². The number of amidine groups is 1. The van der Waals surface area contributed by atoms with Crippen LogP contribution in [-0.2, 0) is 4.79 Å². The maximum absolute atomic E-state index is 11.8. The third-order valence-corrected chi connectivity index (χ3v) is 3.87. The van der Waals surface area contributed by atoms with Crippen molar-refractivity contribution in [3.05, 3.63) is 35.5 Å². The maximum atomic E-state index is 11.8. The molecule has 2 aliphatic heterocycles.